The normalized spacial score (nSPS) is 23.2. The van der Waals surface area contributed by atoms with Gasteiger partial charge in [-0.05, 0) is 19.4 Å². The van der Waals surface area contributed by atoms with Crippen molar-refractivity contribution in [3.05, 3.63) is 12.2 Å². The number of nitrogens with zero attached hydrogens (tertiary/aromatic N) is 4. The van der Waals surface area contributed by atoms with E-state index < -0.39 is 0 Å². The van der Waals surface area contributed by atoms with Crippen molar-refractivity contribution >= 4 is 0 Å². The molecular formula is C10H19N5. The average molecular weight is 209 g/mol. The highest BCUT2D eigenvalue weighted by atomic mass is 15.3. The molecule has 1 unspecified atom stereocenters. The third kappa shape index (κ3) is 2.35. The van der Waals surface area contributed by atoms with Gasteiger partial charge in [-0.15, -0.1) is 0 Å². The van der Waals surface area contributed by atoms with Gasteiger partial charge in [-0.2, -0.15) is 5.10 Å². The molecule has 1 aliphatic rings. The van der Waals surface area contributed by atoms with Crippen LogP contribution < -0.4 is 5.73 Å². The van der Waals surface area contributed by atoms with Crippen LogP contribution in [0.3, 0.4) is 0 Å². The molecule has 1 atom stereocenters. The molecule has 1 aliphatic heterocycles. The van der Waals surface area contributed by atoms with E-state index in [-0.39, 0.29) is 0 Å². The van der Waals surface area contributed by atoms with E-state index in [9.17, 15) is 0 Å². The lowest BCUT2D eigenvalue weighted by Crippen LogP contribution is -2.43. The average Bonchev–Trinajstić information content (AvgIpc) is 2.65. The van der Waals surface area contributed by atoms with E-state index in [1.807, 2.05) is 11.7 Å². The summed E-state index contributed by atoms with van der Waals surface area (Å²) in [5.74, 6) is 1.02. The van der Waals surface area contributed by atoms with Gasteiger partial charge in [0.15, 0.2) is 0 Å². The lowest BCUT2D eigenvalue weighted by atomic mass is 10.0. The summed E-state index contributed by atoms with van der Waals surface area (Å²) in [5, 5.41) is 4.08. The Hall–Kier alpha value is -0.940. The van der Waals surface area contributed by atoms with E-state index in [2.05, 4.69) is 15.0 Å². The molecule has 1 saturated heterocycles. The summed E-state index contributed by atoms with van der Waals surface area (Å²) in [6, 6.07) is 0.524. The minimum atomic E-state index is 0.524. The van der Waals surface area contributed by atoms with E-state index in [1.165, 1.54) is 19.3 Å². The van der Waals surface area contributed by atoms with Crippen LogP contribution >= 0.6 is 0 Å². The molecule has 1 aromatic heterocycles. The Bertz CT molecular complexity index is 309. The fourth-order valence-corrected chi connectivity index (χ4v) is 2.18. The standard InChI is InChI=1S/C10H19N5/c1-14-10(12-8-13-14)7-15-5-3-2-4-9(15)6-11/h8-9H,2-7,11H2,1H3. The minimum absolute atomic E-state index is 0.524. The second kappa shape index (κ2) is 4.72. The molecule has 2 rings (SSSR count). The first-order valence-corrected chi connectivity index (χ1v) is 5.58. The van der Waals surface area contributed by atoms with Crippen molar-refractivity contribution in [3.8, 4) is 0 Å². The summed E-state index contributed by atoms with van der Waals surface area (Å²) in [6.07, 6.45) is 5.40. The molecule has 0 saturated carbocycles. The van der Waals surface area contributed by atoms with Crippen LogP contribution in [0.25, 0.3) is 0 Å². The van der Waals surface area contributed by atoms with Crippen molar-refractivity contribution in [1.29, 1.82) is 0 Å². The molecular weight excluding hydrogens is 190 g/mol. The summed E-state index contributed by atoms with van der Waals surface area (Å²) in [6.45, 7) is 2.75. The fraction of sp³-hybridized carbons (Fsp3) is 0.800. The van der Waals surface area contributed by atoms with Crippen LogP contribution in [0.4, 0.5) is 0 Å². The molecule has 84 valence electrons. The number of aromatic nitrogens is 3. The van der Waals surface area contributed by atoms with Gasteiger partial charge >= 0.3 is 0 Å². The highest BCUT2D eigenvalue weighted by Gasteiger charge is 2.22. The van der Waals surface area contributed by atoms with Crippen LogP contribution in [0.5, 0.6) is 0 Å². The lowest BCUT2D eigenvalue weighted by molar-refractivity contribution is 0.139. The molecule has 0 bridgehead atoms. The van der Waals surface area contributed by atoms with Gasteiger partial charge in [-0.25, -0.2) is 4.98 Å². The second-order valence-corrected chi connectivity index (χ2v) is 4.16. The molecule has 5 nitrogen and oxygen atoms in total. The Balaban J connectivity index is 2.00. The largest absolute Gasteiger partial charge is 0.329 e. The molecule has 0 aromatic carbocycles. The fourth-order valence-electron chi connectivity index (χ4n) is 2.18. The van der Waals surface area contributed by atoms with E-state index in [0.29, 0.717) is 6.04 Å². The Morgan fingerprint density at radius 3 is 3.07 bits per heavy atom. The summed E-state index contributed by atoms with van der Waals surface area (Å²) >= 11 is 0. The first-order valence-electron chi connectivity index (χ1n) is 5.58. The van der Waals surface area contributed by atoms with Gasteiger partial charge in [0.05, 0.1) is 6.54 Å². The predicted octanol–water partition coefficient (Wildman–Crippen LogP) is 0.128. The molecule has 2 heterocycles. The van der Waals surface area contributed by atoms with Crippen LogP contribution in [0.15, 0.2) is 6.33 Å². The number of hydrogen-bond acceptors (Lipinski definition) is 4. The molecule has 2 N–H and O–H groups in total. The van der Waals surface area contributed by atoms with Crippen LogP contribution in [0.1, 0.15) is 25.1 Å². The second-order valence-electron chi connectivity index (χ2n) is 4.16. The number of aryl methyl sites for hydroxylation is 1. The zero-order valence-electron chi connectivity index (χ0n) is 9.26. The van der Waals surface area contributed by atoms with Gasteiger partial charge in [0.1, 0.15) is 12.2 Å². The summed E-state index contributed by atoms with van der Waals surface area (Å²) in [7, 11) is 1.93. The zero-order valence-corrected chi connectivity index (χ0v) is 9.26. The molecule has 5 heteroatoms. The van der Waals surface area contributed by atoms with Crippen LogP contribution in [-0.2, 0) is 13.6 Å². The van der Waals surface area contributed by atoms with Crippen molar-refractivity contribution in [2.45, 2.75) is 31.8 Å². The van der Waals surface area contributed by atoms with Crippen molar-refractivity contribution < 1.29 is 0 Å². The molecule has 0 aliphatic carbocycles. The lowest BCUT2D eigenvalue weighted by Gasteiger charge is -2.34. The van der Waals surface area contributed by atoms with Gasteiger partial charge in [0, 0.05) is 19.6 Å². The zero-order chi connectivity index (χ0) is 10.7. The van der Waals surface area contributed by atoms with Gasteiger partial charge in [-0.1, -0.05) is 6.42 Å². The number of likely N-dealkylation sites (tertiary alicyclic amines) is 1. The maximum atomic E-state index is 5.78. The first-order chi connectivity index (χ1) is 7.31. The monoisotopic (exact) mass is 209 g/mol. The summed E-state index contributed by atoms with van der Waals surface area (Å²) in [5.41, 5.74) is 5.78. The van der Waals surface area contributed by atoms with E-state index in [4.69, 9.17) is 5.73 Å². The van der Waals surface area contributed by atoms with Crippen molar-refractivity contribution in [2.75, 3.05) is 13.1 Å². The third-order valence-corrected chi connectivity index (χ3v) is 3.17. The van der Waals surface area contributed by atoms with Crippen LogP contribution in [0.2, 0.25) is 0 Å². The maximum absolute atomic E-state index is 5.78. The van der Waals surface area contributed by atoms with E-state index >= 15 is 0 Å². The Morgan fingerprint density at radius 1 is 1.53 bits per heavy atom. The summed E-state index contributed by atoms with van der Waals surface area (Å²) < 4.78 is 1.84. The van der Waals surface area contributed by atoms with Crippen molar-refractivity contribution in [1.82, 2.24) is 19.7 Å². The highest BCUT2D eigenvalue weighted by Crippen LogP contribution is 2.17. The van der Waals surface area contributed by atoms with Crippen molar-refractivity contribution in [3.63, 3.8) is 0 Å². The van der Waals surface area contributed by atoms with Gasteiger partial charge < -0.3 is 5.73 Å². The maximum Gasteiger partial charge on any atom is 0.140 e. The quantitative estimate of drug-likeness (QED) is 0.768. The Morgan fingerprint density at radius 2 is 2.40 bits per heavy atom. The minimum Gasteiger partial charge on any atom is -0.329 e. The van der Waals surface area contributed by atoms with E-state index in [0.717, 1.165) is 25.5 Å². The first kappa shape index (κ1) is 10.6. The molecule has 1 aromatic rings. The number of piperidine rings is 1. The highest BCUT2D eigenvalue weighted by molar-refractivity contribution is 4.87. The third-order valence-electron chi connectivity index (χ3n) is 3.17. The number of nitrogens with two attached hydrogens (primary N) is 1. The SMILES string of the molecule is Cn1ncnc1CN1CCCCC1CN. The topological polar surface area (TPSA) is 60.0 Å². The molecule has 0 radical (unpaired) electrons. The van der Waals surface area contributed by atoms with Crippen LogP contribution in [0, 0.1) is 0 Å². The smallest absolute Gasteiger partial charge is 0.140 e. The molecule has 15 heavy (non-hydrogen) atoms. The number of rotatable bonds is 3. The van der Waals surface area contributed by atoms with Crippen molar-refractivity contribution in [2.24, 2.45) is 12.8 Å². The molecule has 0 amide bonds. The van der Waals surface area contributed by atoms with E-state index in [1.54, 1.807) is 6.33 Å². The van der Waals surface area contributed by atoms with Gasteiger partial charge in [0.2, 0.25) is 0 Å². The van der Waals surface area contributed by atoms with Gasteiger partial charge in [-0.3, -0.25) is 9.58 Å². The predicted molar refractivity (Wildman–Crippen MR) is 58.1 cm³/mol. The molecule has 0 spiro atoms. The van der Waals surface area contributed by atoms with Gasteiger partial charge in [0.25, 0.3) is 0 Å². The Kier molecular flexibility index (Phi) is 3.33. The van der Waals surface area contributed by atoms with Crippen LogP contribution in [-0.4, -0.2) is 38.8 Å². The number of hydrogen-bond donors (Lipinski definition) is 1. The Labute approximate surface area is 90.3 Å². The molecule has 1 fully saturated rings. The summed E-state index contributed by atoms with van der Waals surface area (Å²) in [4.78, 5) is 6.67.